The molecule has 0 amide bonds. The highest BCUT2D eigenvalue weighted by Crippen LogP contribution is 2.41. The fraction of sp³-hybridized carbons (Fsp3) is 0.909. The average molecular weight is 260 g/mol. The first-order valence-corrected chi connectivity index (χ1v) is 8.03. The molecule has 3 unspecified atom stereocenters. The van der Waals surface area contributed by atoms with E-state index in [0.29, 0.717) is 30.6 Å². The summed E-state index contributed by atoms with van der Waals surface area (Å²) in [5.41, 5.74) is 0. The van der Waals surface area contributed by atoms with Gasteiger partial charge in [-0.2, -0.15) is 0 Å². The Morgan fingerprint density at radius 1 is 1.29 bits per heavy atom. The van der Waals surface area contributed by atoms with Crippen molar-refractivity contribution in [3.8, 4) is 0 Å². The van der Waals surface area contributed by atoms with Crippen molar-refractivity contribution in [2.75, 3.05) is 14.2 Å². The van der Waals surface area contributed by atoms with Crippen molar-refractivity contribution >= 4 is 15.3 Å². The first-order chi connectivity index (χ1) is 8.23. The zero-order chi connectivity index (χ0) is 12.3. The minimum absolute atomic E-state index is 0.431. The van der Waals surface area contributed by atoms with Gasteiger partial charge in [0.15, 0.2) is 0 Å². The van der Waals surface area contributed by atoms with Crippen LogP contribution in [0.15, 0.2) is 0 Å². The molecule has 3 atom stereocenters. The van der Waals surface area contributed by atoms with Crippen LogP contribution >= 0.6 is 0 Å². The van der Waals surface area contributed by atoms with Crippen LogP contribution in [-0.4, -0.2) is 41.7 Å². The third-order valence-electron chi connectivity index (χ3n) is 3.82. The maximum Gasteiger partial charge on any atom is 0.567 e. The van der Waals surface area contributed by atoms with Crippen molar-refractivity contribution in [2.45, 2.75) is 43.9 Å². The molecule has 2 fully saturated rings. The van der Waals surface area contributed by atoms with E-state index in [1.54, 1.807) is 14.2 Å². The highest BCUT2D eigenvalue weighted by atomic mass is 28.4. The predicted octanol–water partition coefficient (Wildman–Crippen LogP) is 1.35. The Hall–Kier alpha value is -0.433. The number of rotatable bonds is 7. The normalized spacial score (nSPS) is 31.8. The number of carbonyl (C=O) groups excluding carboxylic acids is 1. The van der Waals surface area contributed by atoms with E-state index in [9.17, 15) is 4.79 Å². The van der Waals surface area contributed by atoms with E-state index in [-0.39, 0.29) is 0 Å². The summed E-state index contributed by atoms with van der Waals surface area (Å²) in [5, 5.41) is 0. The number of hydrogen-bond donors (Lipinski definition) is 0. The standard InChI is InChI=1S/C11H20O5Si/c1-13-17(14-2,15-8-12)6-5-9-3-4-10-11(7-9)16-10/h8-11H,3-7H2,1-2H3. The Balaban J connectivity index is 1.79. The van der Waals surface area contributed by atoms with Gasteiger partial charge in [0.05, 0.1) is 12.2 Å². The summed E-state index contributed by atoms with van der Waals surface area (Å²) in [6.45, 7) is 0.431. The van der Waals surface area contributed by atoms with Crippen molar-refractivity contribution in [2.24, 2.45) is 5.92 Å². The van der Waals surface area contributed by atoms with Crippen LogP contribution in [-0.2, 0) is 22.8 Å². The van der Waals surface area contributed by atoms with Gasteiger partial charge in [0.2, 0.25) is 0 Å². The summed E-state index contributed by atoms with van der Waals surface area (Å²) in [6, 6.07) is 0.695. The number of hydrogen-bond acceptors (Lipinski definition) is 5. The van der Waals surface area contributed by atoms with Gasteiger partial charge in [0.1, 0.15) is 0 Å². The van der Waals surface area contributed by atoms with Crippen molar-refractivity contribution in [3.63, 3.8) is 0 Å². The molecule has 1 saturated carbocycles. The predicted molar refractivity (Wildman–Crippen MR) is 62.3 cm³/mol. The quantitative estimate of drug-likeness (QED) is 0.393. The zero-order valence-corrected chi connectivity index (χ0v) is 11.4. The lowest BCUT2D eigenvalue weighted by atomic mass is 9.88. The minimum Gasteiger partial charge on any atom is -0.476 e. The van der Waals surface area contributed by atoms with Gasteiger partial charge in [-0.05, 0) is 31.6 Å². The molecule has 5 nitrogen and oxygen atoms in total. The van der Waals surface area contributed by atoms with Crippen LogP contribution in [0.4, 0.5) is 0 Å². The van der Waals surface area contributed by atoms with Crippen molar-refractivity contribution in [3.05, 3.63) is 0 Å². The zero-order valence-electron chi connectivity index (χ0n) is 10.4. The summed E-state index contributed by atoms with van der Waals surface area (Å²) >= 11 is 0. The first-order valence-electron chi connectivity index (χ1n) is 6.10. The van der Waals surface area contributed by atoms with E-state index in [4.69, 9.17) is 18.0 Å². The third-order valence-corrected chi connectivity index (χ3v) is 6.42. The van der Waals surface area contributed by atoms with E-state index >= 15 is 0 Å². The molecule has 17 heavy (non-hydrogen) atoms. The van der Waals surface area contributed by atoms with Gasteiger partial charge in [-0.15, -0.1) is 0 Å². The van der Waals surface area contributed by atoms with Crippen LogP contribution in [0.25, 0.3) is 0 Å². The molecule has 0 radical (unpaired) electrons. The Morgan fingerprint density at radius 3 is 2.65 bits per heavy atom. The maximum absolute atomic E-state index is 10.5. The van der Waals surface area contributed by atoms with Crippen LogP contribution in [0.2, 0.25) is 6.04 Å². The average Bonchev–Trinajstić information content (AvgIpc) is 3.13. The summed E-state index contributed by atoms with van der Waals surface area (Å²) in [7, 11) is 0.339. The van der Waals surface area contributed by atoms with Gasteiger partial charge < -0.3 is 18.0 Å². The molecule has 1 aliphatic carbocycles. The largest absolute Gasteiger partial charge is 0.567 e. The molecule has 1 heterocycles. The molecule has 0 bridgehead atoms. The van der Waals surface area contributed by atoms with E-state index in [1.807, 2.05) is 0 Å². The lowest BCUT2D eigenvalue weighted by Gasteiger charge is -2.26. The number of carbonyl (C=O) groups is 1. The van der Waals surface area contributed by atoms with E-state index < -0.39 is 8.80 Å². The molecule has 6 heteroatoms. The molecule has 2 aliphatic rings. The highest BCUT2D eigenvalue weighted by molar-refractivity contribution is 6.61. The number of epoxide rings is 1. The molecule has 0 aromatic heterocycles. The topological polar surface area (TPSA) is 57.3 Å². The maximum atomic E-state index is 10.5. The van der Waals surface area contributed by atoms with Gasteiger partial charge >= 0.3 is 8.80 Å². The van der Waals surface area contributed by atoms with E-state index in [2.05, 4.69) is 0 Å². The van der Waals surface area contributed by atoms with Crippen molar-refractivity contribution in [1.82, 2.24) is 0 Å². The molecule has 1 aliphatic heterocycles. The SMILES string of the molecule is CO[Si](CCC1CCC2OC2C1)(OC)OC=O. The van der Waals surface area contributed by atoms with Crippen LogP contribution in [0.5, 0.6) is 0 Å². The molecule has 98 valence electrons. The van der Waals surface area contributed by atoms with Crippen LogP contribution in [0, 0.1) is 5.92 Å². The van der Waals surface area contributed by atoms with Gasteiger partial charge in [0.25, 0.3) is 6.47 Å². The summed E-state index contributed by atoms with van der Waals surface area (Å²) in [4.78, 5) is 10.5. The molecular weight excluding hydrogens is 240 g/mol. The van der Waals surface area contributed by atoms with Crippen molar-refractivity contribution < 1.29 is 22.8 Å². The van der Waals surface area contributed by atoms with Crippen LogP contribution in [0.1, 0.15) is 25.7 Å². The first kappa shape index (κ1) is 13.0. The molecule has 0 spiro atoms. The molecule has 2 rings (SSSR count). The lowest BCUT2D eigenvalue weighted by molar-refractivity contribution is -0.124. The molecule has 0 aromatic rings. The number of fused-ring (bicyclic) bond motifs is 1. The monoisotopic (exact) mass is 260 g/mol. The van der Waals surface area contributed by atoms with Gasteiger partial charge in [0, 0.05) is 20.3 Å². The van der Waals surface area contributed by atoms with Gasteiger partial charge in [-0.25, -0.2) is 0 Å². The number of ether oxygens (including phenoxy) is 1. The summed E-state index contributed by atoms with van der Waals surface area (Å²) in [5.74, 6) is 0.645. The Kier molecular flexibility index (Phi) is 4.19. The molecule has 0 aromatic carbocycles. The Labute approximate surface area is 103 Å². The fourth-order valence-electron chi connectivity index (χ4n) is 2.65. The third kappa shape index (κ3) is 3.07. The fourth-order valence-corrected chi connectivity index (χ4v) is 4.44. The van der Waals surface area contributed by atoms with Crippen molar-refractivity contribution in [1.29, 1.82) is 0 Å². The summed E-state index contributed by atoms with van der Waals surface area (Å²) in [6.07, 6.45) is 5.49. The smallest absolute Gasteiger partial charge is 0.476 e. The second-order valence-corrected chi connectivity index (χ2v) is 7.65. The highest BCUT2D eigenvalue weighted by Gasteiger charge is 2.46. The van der Waals surface area contributed by atoms with Gasteiger partial charge in [-0.3, -0.25) is 4.79 Å². The lowest BCUT2D eigenvalue weighted by Crippen LogP contribution is -2.43. The summed E-state index contributed by atoms with van der Waals surface area (Å²) < 4.78 is 21.1. The second kappa shape index (κ2) is 5.47. The molecule has 0 N–H and O–H groups in total. The van der Waals surface area contributed by atoms with E-state index in [0.717, 1.165) is 12.8 Å². The molecule has 1 saturated heterocycles. The van der Waals surface area contributed by atoms with E-state index in [1.165, 1.54) is 12.8 Å². The van der Waals surface area contributed by atoms with Crippen LogP contribution < -0.4 is 0 Å². The second-order valence-electron chi connectivity index (χ2n) is 4.74. The van der Waals surface area contributed by atoms with Gasteiger partial charge in [-0.1, -0.05) is 0 Å². The Bertz CT molecular complexity index is 269. The molecular formula is C11H20O5Si. The van der Waals surface area contributed by atoms with Crippen LogP contribution in [0.3, 0.4) is 0 Å². The Morgan fingerprint density at radius 2 is 2.06 bits per heavy atom. The minimum atomic E-state index is -2.74.